The van der Waals surface area contributed by atoms with Gasteiger partial charge in [-0.05, 0) is 32.0 Å². The summed E-state index contributed by atoms with van der Waals surface area (Å²) < 4.78 is 11.0. The van der Waals surface area contributed by atoms with Gasteiger partial charge in [0.05, 0.1) is 12.6 Å². The molecule has 5 heteroatoms. The van der Waals surface area contributed by atoms with Gasteiger partial charge in [-0.25, -0.2) is 0 Å². The first-order chi connectivity index (χ1) is 8.19. The summed E-state index contributed by atoms with van der Waals surface area (Å²) in [5.74, 6) is 1.67. The molecule has 0 saturated carbocycles. The van der Waals surface area contributed by atoms with Crippen molar-refractivity contribution in [1.82, 2.24) is 10.2 Å². The smallest absolute Gasteiger partial charge is 0.247 e. The molecule has 0 radical (unpaired) electrons. The molecule has 0 amide bonds. The molecule has 1 heterocycles. The van der Waals surface area contributed by atoms with E-state index in [4.69, 9.17) is 14.9 Å². The second-order valence-electron chi connectivity index (χ2n) is 3.90. The second-order valence-corrected chi connectivity index (χ2v) is 3.90. The Morgan fingerprint density at radius 2 is 2.18 bits per heavy atom. The fraction of sp³-hybridized carbons (Fsp3) is 0.333. The Morgan fingerprint density at radius 1 is 1.35 bits per heavy atom. The molecule has 0 unspecified atom stereocenters. The minimum Gasteiger partial charge on any atom is -0.491 e. The number of benzene rings is 1. The minimum absolute atomic E-state index is 0.132. The first-order valence-corrected chi connectivity index (χ1v) is 5.48. The van der Waals surface area contributed by atoms with Crippen molar-refractivity contribution in [1.29, 1.82) is 0 Å². The number of rotatable bonds is 4. The van der Waals surface area contributed by atoms with E-state index in [1.165, 1.54) is 0 Å². The van der Waals surface area contributed by atoms with E-state index in [0.717, 1.165) is 11.3 Å². The minimum atomic E-state index is 0.132. The predicted octanol–water partition coefficient (Wildman–Crippen LogP) is 1.98. The van der Waals surface area contributed by atoms with Crippen LogP contribution in [0.3, 0.4) is 0 Å². The maximum Gasteiger partial charge on any atom is 0.247 e. The third kappa shape index (κ3) is 2.82. The van der Waals surface area contributed by atoms with Gasteiger partial charge >= 0.3 is 0 Å². The van der Waals surface area contributed by atoms with E-state index in [9.17, 15) is 0 Å². The van der Waals surface area contributed by atoms with Crippen molar-refractivity contribution >= 4 is 0 Å². The van der Waals surface area contributed by atoms with Crippen molar-refractivity contribution < 1.29 is 9.15 Å². The Labute approximate surface area is 99.6 Å². The molecule has 1 aromatic carbocycles. The highest BCUT2D eigenvalue weighted by Gasteiger charge is 2.08. The molecule has 2 aromatic rings. The van der Waals surface area contributed by atoms with E-state index in [1.54, 1.807) is 0 Å². The van der Waals surface area contributed by atoms with Gasteiger partial charge in [-0.2, -0.15) is 0 Å². The summed E-state index contributed by atoms with van der Waals surface area (Å²) in [6, 6.07) is 7.54. The van der Waals surface area contributed by atoms with Crippen LogP contribution in [0.2, 0.25) is 0 Å². The van der Waals surface area contributed by atoms with Gasteiger partial charge in [-0.3, -0.25) is 0 Å². The lowest BCUT2D eigenvalue weighted by Crippen LogP contribution is -2.05. The molecule has 0 bridgehead atoms. The van der Waals surface area contributed by atoms with Crippen LogP contribution >= 0.6 is 0 Å². The van der Waals surface area contributed by atoms with Crippen LogP contribution in [-0.4, -0.2) is 16.3 Å². The van der Waals surface area contributed by atoms with Crippen LogP contribution in [0, 0.1) is 0 Å². The normalized spacial score (nSPS) is 10.8. The Hall–Kier alpha value is -1.88. The van der Waals surface area contributed by atoms with Crippen LogP contribution in [0.1, 0.15) is 19.7 Å². The van der Waals surface area contributed by atoms with Gasteiger partial charge in [0.2, 0.25) is 11.8 Å². The first kappa shape index (κ1) is 11.6. The molecule has 2 rings (SSSR count). The topological polar surface area (TPSA) is 74.2 Å². The van der Waals surface area contributed by atoms with Gasteiger partial charge < -0.3 is 14.9 Å². The Kier molecular flexibility index (Phi) is 3.39. The van der Waals surface area contributed by atoms with Gasteiger partial charge in [0.1, 0.15) is 5.75 Å². The molecule has 0 aliphatic carbocycles. The molecular formula is C12H15N3O2. The monoisotopic (exact) mass is 233 g/mol. The van der Waals surface area contributed by atoms with Crippen LogP contribution in [0.25, 0.3) is 11.5 Å². The predicted molar refractivity (Wildman–Crippen MR) is 63.4 cm³/mol. The largest absolute Gasteiger partial charge is 0.491 e. The lowest BCUT2D eigenvalue weighted by Gasteiger charge is -2.09. The maximum absolute atomic E-state index is 5.59. The van der Waals surface area contributed by atoms with E-state index < -0.39 is 0 Å². The van der Waals surface area contributed by atoms with Crippen molar-refractivity contribution in [2.24, 2.45) is 5.73 Å². The molecule has 90 valence electrons. The number of ether oxygens (including phenoxy) is 1. The summed E-state index contributed by atoms with van der Waals surface area (Å²) in [5, 5.41) is 7.74. The standard InChI is InChI=1S/C12H15N3O2/c1-8(2)16-10-5-3-4-9(6-10)12-15-14-11(7-13)17-12/h3-6,8H,7,13H2,1-2H3. The summed E-state index contributed by atoms with van der Waals surface area (Å²) >= 11 is 0. The quantitative estimate of drug-likeness (QED) is 0.874. The van der Waals surface area contributed by atoms with Crippen molar-refractivity contribution in [2.75, 3.05) is 0 Å². The van der Waals surface area contributed by atoms with Crippen molar-refractivity contribution in [3.8, 4) is 17.2 Å². The zero-order valence-corrected chi connectivity index (χ0v) is 9.88. The number of hydrogen-bond donors (Lipinski definition) is 1. The van der Waals surface area contributed by atoms with Crippen molar-refractivity contribution in [3.05, 3.63) is 30.2 Å². The van der Waals surface area contributed by atoms with Crippen molar-refractivity contribution in [2.45, 2.75) is 26.5 Å². The number of nitrogens with two attached hydrogens (primary N) is 1. The van der Waals surface area contributed by atoms with Gasteiger partial charge in [0.15, 0.2) is 0 Å². The molecule has 0 saturated heterocycles. The zero-order valence-electron chi connectivity index (χ0n) is 9.88. The van der Waals surface area contributed by atoms with E-state index >= 15 is 0 Å². The maximum atomic E-state index is 5.59. The zero-order chi connectivity index (χ0) is 12.3. The fourth-order valence-electron chi connectivity index (χ4n) is 1.43. The highest BCUT2D eigenvalue weighted by atomic mass is 16.5. The van der Waals surface area contributed by atoms with E-state index in [0.29, 0.717) is 11.8 Å². The Morgan fingerprint density at radius 3 is 2.82 bits per heavy atom. The van der Waals surface area contributed by atoms with Gasteiger partial charge in [-0.15, -0.1) is 10.2 Å². The number of nitrogens with zero attached hydrogens (tertiary/aromatic N) is 2. The molecule has 0 fully saturated rings. The number of hydrogen-bond acceptors (Lipinski definition) is 5. The Balaban J connectivity index is 2.26. The van der Waals surface area contributed by atoms with Crippen LogP contribution in [0.5, 0.6) is 5.75 Å². The molecule has 17 heavy (non-hydrogen) atoms. The molecule has 0 atom stereocenters. The SMILES string of the molecule is CC(C)Oc1cccc(-c2nnc(CN)o2)c1. The highest BCUT2D eigenvalue weighted by molar-refractivity contribution is 5.55. The third-order valence-electron chi connectivity index (χ3n) is 2.09. The van der Waals surface area contributed by atoms with Crippen LogP contribution in [-0.2, 0) is 6.54 Å². The van der Waals surface area contributed by atoms with E-state index in [1.807, 2.05) is 38.1 Å². The van der Waals surface area contributed by atoms with E-state index in [2.05, 4.69) is 10.2 Å². The summed E-state index contributed by atoms with van der Waals surface area (Å²) in [5.41, 5.74) is 6.25. The fourth-order valence-corrected chi connectivity index (χ4v) is 1.43. The highest BCUT2D eigenvalue weighted by Crippen LogP contribution is 2.23. The molecule has 0 aliphatic heterocycles. The van der Waals surface area contributed by atoms with Gasteiger partial charge in [0.25, 0.3) is 0 Å². The van der Waals surface area contributed by atoms with E-state index in [-0.39, 0.29) is 12.6 Å². The van der Waals surface area contributed by atoms with Crippen LogP contribution < -0.4 is 10.5 Å². The summed E-state index contributed by atoms with van der Waals surface area (Å²) in [4.78, 5) is 0. The molecule has 2 N–H and O–H groups in total. The third-order valence-corrected chi connectivity index (χ3v) is 2.09. The molecule has 5 nitrogen and oxygen atoms in total. The molecule has 0 aliphatic rings. The number of aromatic nitrogens is 2. The summed E-state index contributed by atoms with van der Waals surface area (Å²) in [7, 11) is 0. The second kappa shape index (κ2) is 4.97. The lowest BCUT2D eigenvalue weighted by molar-refractivity contribution is 0.242. The van der Waals surface area contributed by atoms with Crippen LogP contribution in [0.15, 0.2) is 28.7 Å². The first-order valence-electron chi connectivity index (χ1n) is 5.48. The summed E-state index contributed by atoms with van der Waals surface area (Å²) in [6.45, 7) is 4.20. The summed E-state index contributed by atoms with van der Waals surface area (Å²) in [6.07, 6.45) is 0.132. The average Bonchev–Trinajstić information content (AvgIpc) is 2.77. The Bertz CT molecular complexity index is 494. The van der Waals surface area contributed by atoms with Crippen molar-refractivity contribution in [3.63, 3.8) is 0 Å². The lowest BCUT2D eigenvalue weighted by atomic mass is 10.2. The molecule has 1 aromatic heterocycles. The van der Waals surface area contributed by atoms with Gasteiger partial charge in [-0.1, -0.05) is 6.07 Å². The molecular weight excluding hydrogens is 218 g/mol. The average molecular weight is 233 g/mol. The molecule has 0 spiro atoms. The van der Waals surface area contributed by atoms with Gasteiger partial charge in [0, 0.05) is 5.56 Å². The van der Waals surface area contributed by atoms with Crippen LogP contribution in [0.4, 0.5) is 0 Å².